The zero-order valence-electron chi connectivity index (χ0n) is 6.13. The Morgan fingerprint density at radius 2 is 2.30 bits per heavy atom. The molecule has 0 fully saturated rings. The van der Waals surface area contributed by atoms with Gasteiger partial charge in [0.2, 0.25) is 0 Å². The molecule has 0 aliphatic carbocycles. The second kappa shape index (κ2) is 3.10. The van der Waals surface area contributed by atoms with Gasteiger partial charge in [0, 0.05) is 13.5 Å². The van der Waals surface area contributed by atoms with E-state index in [1.54, 1.807) is 13.2 Å². The van der Waals surface area contributed by atoms with Crippen LogP contribution in [-0.4, -0.2) is 22.2 Å². The Labute approximate surface area is 59.7 Å². The number of anilines is 1. The number of nitrogens with zero attached hydrogens (tertiary/aromatic N) is 3. The van der Waals surface area contributed by atoms with Crippen LogP contribution in [0.5, 0.6) is 0 Å². The van der Waals surface area contributed by atoms with Crippen LogP contribution in [0.4, 0.5) is 5.82 Å². The summed E-state index contributed by atoms with van der Waals surface area (Å²) in [5.74, 6) is 1.48. The molecule has 0 bridgehead atoms. The molecule has 0 unspecified atom stereocenters. The summed E-state index contributed by atoms with van der Waals surface area (Å²) in [5, 5.41) is 10.5. The SMILES string of the molecule is CCc1ncc(NC)nn1. The van der Waals surface area contributed by atoms with Crippen molar-refractivity contribution in [3.63, 3.8) is 0 Å². The molecule has 1 heterocycles. The van der Waals surface area contributed by atoms with E-state index in [-0.39, 0.29) is 0 Å². The number of hydrogen-bond donors (Lipinski definition) is 1. The maximum Gasteiger partial charge on any atom is 0.166 e. The molecule has 0 aliphatic heterocycles. The first kappa shape index (κ1) is 6.92. The minimum atomic E-state index is 0.706. The minimum absolute atomic E-state index is 0.706. The number of hydrogen-bond acceptors (Lipinski definition) is 4. The van der Waals surface area contributed by atoms with Crippen molar-refractivity contribution >= 4 is 5.82 Å². The largest absolute Gasteiger partial charge is 0.370 e. The van der Waals surface area contributed by atoms with Gasteiger partial charge in [-0.2, -0.15) is 0 Å². The standard InChI is InChI=1S/C6H10N4/c1-3-5-8-4-6(7-2)10-9-5/h4H,3H2,1-2H3,(H,7,10). The lowest BCUT2D eigenvalue weighted by Crippen LogP contribution is -1.99. The van der Waals surface area contributed by atoms with Crippen molar-refractivity contribution in [2.45, 2.75) is 13.3 Å². The summed E-state index contributed by atoms with van der Waals surface area (Å²) in [4.78, 5) is 4.03. The van der Waals surface area contributed by atoms with Crippen molar-refractivity contribution in [2.75, 3.05) is 12.4 Å². The van der Waals surface area contributed by atoms with Crippen LogP contribution in [0.2, 0.25) is 0 Å². The van der Waals surface area contributed by atoms with E-state index in [1.807, 2.05) is 6.92 Å². The molecule has 0 aliphatic rings. The topological polar surface area (TPSA) is 50.7 Å². The van der Waals surface area contributed by atoms with Gasteiger partial charge >= 0.3 is 0 Å². The van der Waals surface area contributed by atoms with Crippen LogP contribution in [-0.2, 0) is 6.42 Å². The maximum atomic E-state index is 4.03. The molecule has 4 nitrogen and oxygen atoms in total. The molecule has 0 aromatic carbocycles. The molecule has 1 aromatic heterocycles. The Kier molecular flexibility index (Phi) is 2.15. The summed E-state index contributed by atoms with van der Waals surface area (Å²) >= 11 is 0. The summed E-state index contributed by atoms with van der Waals surface area (Å²) in [6.45, 7) is 2.00. The van der Waals surface area contributed by atoms with E-state index in [1.165, 1.54) is 0 Å². The molecule has 0 amide bonds. The number of nitrogens with one attached hydrogen (secondary N) is 1. The van der Waals surface area contributed by atoms with Crippen LogP contribution in [0.1, 0.15) is 12.7 Å². The van der Waals surface area contributed by atoms with Crippen LogP contribution >= 0.6 is 0 Å². The lowest BCUT2D eigenvalue weighted by molar-refractivity contribution is 0.851. The first-order valence-corrected chi connectivity index (χ1v) is 3.23. The van der Waals surface area contributed by atoms with E-state index in [0.717, 1.165) is 12.2 Å². The van der Waals surface area contributed by atoms with E-state index in [2.05, 4.69) is 20.5 Å². The van der Waals surface area contributed by atoms with Gasteiger partial charge in [-0.15, -0.1) is 10.2 Å². The highest BCUT2D eigenvalue weighted by Crippen LogP contribution is 1.95. The third-order valence-electron chi connectivity index (χ3n) is 1.18. The summed E-state index contributed by atoms with van der Waals surface area (Å²) < 4.78 is 0. The average molecular weight is 138 g/mol. The summed E-state index contributed by atoms with van der Waals surface area (Å²) in [6.07, 6.45) is 2.50. The van der Waals surface area contributed by atoms with E-state index >= 15 is 0 Å². The average Bonchev–Trinajstić information content (AvgIpc) is 2.05. The molecule has 0 radical (unpaired) electrons. The lowest BCUT2D eigenvalue weighted by Gasteiger charge is -1.96. The molecule has 10 heavy (non-hydrogen) atoms. The number of aromatic nitrogens is 3. The van der Waals surface area contributed by atoms with Crippen molar-refractivity contribution in [2.24, 2.45) is 0 Å². The molecular formula is C6H10N4. The van der Waals surface area contributed by atoms with E-state index < -0.39 is 0 Å². The third-order valence-corrected chi connectivity index (χ3v) is 1.18. The number of aryl methyl sites for hydroxylation is 1. The van der Waals surface area contributed by atoms with Gasteiger partial charge in [0.1, 0.15) is 0 Å². The van der Waals surface area contributed by atoms with Crippen LogP contribution in [0.3, 0.4) is 0 Å². The molecular weight excluding hydrogens is 128 g/mol. The fraction of sp³-hybridized carbons (Fsp3) is 0.500. The van der Waals surface area contributed by atoms with Gasteiger partial charge < -0.3 is 5.32 Å². The smallest absolute Gasteiger partial charge is 0.166 e. The second-order valence-electron chi connectivity index (χ2n) is 1.86. The maximum absolute atomic E-state index is 4.03. The molecule has 1 aromatic rings. The van der Waals surface area contributed by atoms with Gasteiger partial charge in [0.15, 0.2) is 11.6 Å². The highest BCUT2D eigenvalue weighted by molar-refractivity contribution is 5.27. The Morgan fingerprint density at radius 3 is 2.70 bits per heavy atom. The van der Waals surface area contributed by atoms with Crippen molar-refractivity contribution in [3.8, 4) is 0 Å². The van der Waals surface area contributed by atoms with E-state index in [9.17, 15) is 0 Å². The van der Waals surface area contributed by atoms with Gasteiger partial charge in [-0.3, -0.25) is 0 Å². The minimum Gasteiger partial charge on any atom is -0.370 e. The van der Waals surface area contributed by atoms with Gasteiger partial charge in [0.25, 0.3) is 0 Å². The zero-order valence-corrected chi connectivity index (χ0v) is 6.13. The fourth-order valence-corrected chi connectivity index (χ4v) is 0.575. The molecule has 0 saturated heterocycles. The van der Waals surface area contributed by atoms with Gasteiger partial charge in [0.05, 0.1) is 6.20 Å². The van der Waals surface area contributed by atoms with Gasteiger partial charge in [-0.05, 0) is 0 Å². The lowest BCUT2D eigenvalue weighted by atomic mass is 10.5. The highest BCUT2D eigenvalue weighted by Gasteiger charge is 1.92. The molecule has 54 valence electrons. The van der Waals surface area contributed by atoms with E-state index in [4.69, 9.17) is 0 Å². The Balaban J connectivity index is 2.80. The predicted molar refractivity (Wildman–Crippen MR) is 38.8 cm³/mol. The monoisotopic (exact) mass is 138 g/mol. The quantitative estimate of drug-likeness (QED) is 0.645. The molecule has 1 N–H and O–H groups in total. The normalized spacial score (nSPS) is 9.40. The Bertz CT molecular complexity index is 170. The van der Waals surface area contributed by atoms with Crippen molar-refractivity contribution in [1.29, 1.82) is 0 Å². The Morgan fingerprint density at radius 1 is 1.50 bits per heavy atom. The fourth-order valence-electron chi connectivity index (χ4n) is 0.575. The molecule has 0 saturated carbocycles. The summed E-state index contributed by atoms with van der Waals surface area (Å²) in [7, 11) is 1.79. The summed E-state index contributed by atoms with van der Waals surface area (Å²) in [6, 6.07) is 0. The molecule has 1 rings (SSSR count). The predicted octanol–water partition coefficient (Wildman–Crippen LogP) is 0.476. The van der Waals surface area contributed by atoms with Crippen molar-refractivity contribution in [1.82, 2.24) is 15.2 Å². The van der Waals surface area contributed by atoms with Gasteiger partial charge in [-0.25, -0.2) is 4.98 Å². The second-order valence-corrected chi connectivity index (χ2v) is 1.86. The molecule has 0 spiro atoms. The van der Waals surface area contributed by atoms with Crippen LogP contribution in [0.15, 0.2) is 6.20 Å². The first-order valence-electron chi connectivity index (χ1n) is 3.23. The molecule has 0 atom stereocenters. The highest BCUT2D eigenvalue weighted by atomic mass is 15.2. The van der Waals surface area contributed by atoms with Crippen LogP contribution < -0.4 is 5.32 Å². The van der Waals surface area contributed by atoms with Crippen molar-refractivity contribution in [3.05, 3.63) is 12.0 Å². The Hall–Kier alpha value is -1.19. The number of rotatable bonds is 2. The van der Waals surface area contributed by atoms with Crippen molar-refractivity contribution < 1.29 is 0 Å². The van der Waals surface area contributed by atoms with Crippen LogP contribution in [0.25, 0.3) is 0 Å². The molecule has 4 heteroatoms. The summed E-state index contributed by atoms with van der Waals surface area (Å²) in [5.41, 5.74) is 0. The van der Waals surface area contributed by atoms with Crippen LogP contribution in [0, 0.1) is 0 Å². The third kappa shape index (κ3) is 1.40. The van der Waals surface area contributed by atoms with Gasteiger partial charge in [-0.1, -0.05) is 6.92 Å². The first-order chi connectivity index (χ1) is 4.86. The van der Waals surface area contributed by atoms with E-state index in [0.29, 0.717) is 5.82 Å². The zero-order chi connectivity index (χ0) is 7.40.